The highest BCUT2D eigenvalue weighted by Crippen LogP contribution is 2.38. The van der Waals surface area contributed by atoms with Gasteiger partial charge in [0.2, 0.25) is 0 Å². The van der Waals surface area contributed by atoms with Gasteiger partial charge < -0.3 is 24.5 Å². The number of ether oxygens (including phenoxy) is 1. The van der Waals surface area contributed by atoms with Gasteiger partial charge >= 0.3 is 0 Å². The van der Waals surface area contributed by atoms with Gasteiger partial charge in [0.15, 0.2) is 0 Å². The maximum Gasteiger partial charge on any atom is 0.261 e. The second-order valence-corrected chi connectivity index (χ2v) is 15.4. The number of aliphatic hydroxyl groups excluding tert-OH is 3. The molecule has 1 aliphatic heterocycles. The third kappa shape index (κ3) is 5.41. The molecule has 35 heavy (non-hydrogen) atoms. The first-order chi connectivity index (χ1) is 16.7. The van der Waals surface area contributed by atoms with E-state index in [1.54, 1.807) is 0 Å². The van der Waals surface area contributed by atoms with Crippen LogP contribution < -0.4 is 10.4 Å². The van der Waals surface area contributed by atoms with E-state index in [2.05, 4.69) is 45.0 Å². The van der Waals surface area contributed by atoms with Crippen LogP contribution in [0.4, 0.5) is 0 Å². The van der Waals surface area contributed by atoms with Crippen LogP contribution in [-0.2, 0) is 9.16 Å². The summed E-state index contributed by atoms with van der Waals surface area (Å²) in [6.45, 7) is 6.64. The summed E-state index contributed by atoms with van der Waals surface area (Å²) in [4.78, 5) is 0.909. The van der Waals surface area contributed by atoms with Gasteiger partial charge in [-0.1, -0.05) is 111 Å². The van der Waals surface area contributed by atoms with Crippen molar-refractivity contribution in [2.45, 2.75) is 60.6 Å². The molecule has 3 aromatic rings. The van der Waals surface area contributed by atoms with Crippen LogP contribution in [-0.4, -0.2) is 60.1 Å². The summed E-state index contributed by atoms with van der Waals surface area (Å²) in [6.07, 6.45) is -4.62. The summed E-state index contributed by atoms with van der Waals surface area (Å²) in [7, 11) is -2.84. The molecule has 3 N–H and O–H groups in total. The van der Waals surface area contributed by atoms with E-state index in [1.807, 2.05) is 66.7 Å². The lowest BCUT2D eigenvalue weighted by Gasteiger charge is -2.45. The van der Waals surface area contributed by atoms with Crippen LogP contribution in [0, 0.1) is 0 Å². The molecule has 0 unspecified atom stereocenters. The number of benzene rings is 3. The van der Waals surface area contributed by atoms with Crippen LogP contribution in [0.1, 0.15) is 20.8 Å². The molecule has 0 radical (unpaired) electrons. The predicted octanol–water partition coefficient (Wildman–Crippen LogP) is 3.16. The molecule has 4 rings (SSSR count). The lowest BCUT2D eigenvalue weighted by atomic mass is 10.0. The van der Waals surface area contributed by atoms with Crippen molar-refractivity contribution in [1.82, 2.24) is 0 Å². The minimum atomic E-state index is -2.84. The summed E-state index contributed by atoms with van der Waals surface area (Å²) in [5, 5.41) is 34.1. The maximum atomic E-state index is 10.8. The van der Waals surface area contributed by atoms with Crippen molar-refractivity contribution in [2.24, 2.45) is 0 Å². The molecule has 0 aliphatic carbocycles. The summed E-state index contributed by atoms with van der Waals surface area (Å²) in [5.74, 6) is 0. The molecule has 3 aromatic carbocycles. The normalized spacial score (nSPS) is 25.4. The Morgan fingerprint density at radius 1 is 0.743 bits per heavy atom. The Morgan fingerprint density at radius 2 is 1.23 bits per heavy atom. The monoisotopic (exact) mass is 510 g/mol. The van der Waals surface area contributed by atoms with Crippen molar-refractivity contribution < 1.29 is 24.5 Å². The average molecular weight is 511 g/mol. The molecule has 1 saturated heterocycles. The Balaban J connectivity index is 1.65. The summed E-state index contributed by atoms with van der Waals surface area (Å²) in [6, 6.07) is 30.1. The molecule has 7 heteroatoms. The first-order valence-electron chi connectivity index (χ1n) is 11.9. The molecule has 1 aliphatic rings. The molecule has 5 nitrogen and oxygen atoms in total. The Hall–Kier alpha value is -1.97. The van der Waals surface area contributed by atoms with Crippen LogP contribution in [0.25, 0.3) is 0 Å². The van der Waals surface area contributed by atoms with E-state index in [4.69, 9.17) is 9.16 Å². The molecule has 0 amide bonds. The fraction of sp³-hybridized carbons (Fsp3) is 0.357. The Bertz CT molecular complexity index is 1020. The zero-order valence-electron chi connectivity index (χ0n) is 20.3. The zero-order valence-corrected chi connectivity index (χ0v) is 22.1. The molecule has 0 bridgehead atoms. The van der Waals surface area contributed by atoms with Crippen LogP contribution in [0.2, 0.25) is 5.04 Å². The fourth-order valence-electron chi connectivity index (χ4n) is 4.75. The van der Waals surface area contributed by atoms with Gasteiger partial charge in [-0.3, -0.25) is 0 Å². The molecule has 0 saturated carbocycles. The minimum Gasteiger partial charge on any atom is -0.405 e. The maximum absolute atomic E-state index is 10.8. The van der Waals surface area contributed by atoms with Gasteiger partial charge in [-0.15, -0.1) is 0 Å². The van der Waals surface area contributed by atoms with Crippen LogP contribution >= 0.6 is 11.8 Å². The van der Waals surface area contributed by atoms with Gasteiger partial charge in [0.25, 0.3) is 8.32 Å². The van der Waals surface area contributed by atoms with Crippen molar-refractivity contribution in [3.05, 3.63) is 91.0 Å². The third-order valence-corrected chi connectivity index (χ3v) is 12.7. The van der Waals surface area contributed by atoms with E-state index in [0.29, 0.717) is 0 Å². The second kappa shape index (κ2) is 11.0. The summed E-state index contributed by atoms with van der Waals surface area (Å²) in [5.41, 5.74) is -0.733. The van der Waals surface area contributed by atoms with Gasteiger partial charge in [-0.05, 0) is 27.5 Å². The highest BCUT2D eigenvalue weighted by molar-refractivity contribution is 7.99. The Kier molecular flexibility index (Phi) is 8.18. The van der Waals surface area contributed by atoms with Crippen LogP contribution in [0.3, 0.4) is 0 Å². The molecule has 5 atom stereocenters. The van der Waals surface area contributed by atoms with Gasteiger partial charge in [-0.2, -0.15) is 0 Å². The van der Waals surface area contributed by atoms with Gasteiger partial charge in [0.05, 0.1) is 6.61 Å². The number of hydrogen-bond acceptors (Lipinski definition) is 6. The van der Waals surface area contributed by atoms with E-state index >= 15 is 0 Å². The van der Waals surface area contributed by atoms with Crippen molar-refractivity contribution in [3.8, 4) is 0 Å². The Morgan fingerprint density at radius 3 is 1.71 bits per heavy atom. The number of hydrogen-bond donors (Lipinski definition) is 3. The van der Waals surface area contributed by atoms with Crippen molar-refractivity contribution in [3.63, 3.8) is 0 Å². The number of aliphatic hydroxyl groups is 3. The van der Waals surface area contributed by atoms with Crippen LogP contribution in [0.5, 0.6) is 0 Å². The molecular formula is C28H34O5SSi. The lowest BCUT2D eigenvalue weighted by molar-refractivity contribution is -0.204. The van der Waals surface area contributed by atoms with Crippen molar-refractivity contribution in [2.75, 3.05) is 6.61 Å². The molecule has 186 valence electrons. The highest BCUT2D eigenvalue weighted by atomic mass is 32.2. The quantitative estimate of drug-likeness (QED) is 0.424. The third-order valence-electron chi connectivity index (χ3n) is 6.54. The fourth-order valence-corrected chi connectivity index (χ4v) is 10.4. The second-order valence-electron chi connectivity index (χ2n) is 9.92. The molecule has 1 heterocycles. The first-order valence-corrected chi connectivity index (χ1v) is 14.7. The number of rotatable bonds is 7. The van der Waals surface area contributed by atoms with Gasteiger partial charge in [-0.25, -0.2) is 0 Å². The van der Waals surface area contributed by atoms with E-state index < -0.39 is 38.2 Å². The van der Waals surface area contributed by atoms with E-state index in [1.165, 1.54) is 11.8 Å². The van der Waals surface area contributed by atoms with E-state index in [-0.39, 0.29) is 11.6 Å². The number of thioether (sulfide) groups is 1. The molecule has 1 fully saturated rings. The highest BCUT2D eigenvalue weighted by Gasteiger charge is 2.52. The first kappa shape index (κ1) is 26.1. The van der Waals surface area contributed by atoms with Crippen molar-refractivity contribution >= 4 is 30.5 Å². The Labute approximate surface area is 212 Å². The minimum absolute atomic E-state index is 0.0874. The largest absolute Gasteiger partial charge is 0.405 e. The summed E-state index contributed by atoms with van der Waals surface area (Å²) < 4.78 is 13.1. The standard InChI is InChI=1S/C28H34O5SSi/c1-28(2,3)35(21-15-9-5-10-16-21,22-17-11-6-12-18-22)32-19-23-24(29)25(30)26(31)27(33-23)34-20-13-7-4-8-14-20/h4-18,23-27,29-31H,19H2,1-3H3/t23-,24+,25+,26-,27+/m1/s1. The smallest absolute Gasteiger partial charge is 0.261 e. The SMILES string of the molecule is CC(C)(C)[Si](OC[C@H]1O[C@@H](Sc2ccccc2)[C@H](O)[C@@H](O)[C@H]1O)(c1ccccc1)c1ccccc1. The lowest BCUT2D eigenvalue weighted by Crippen LogP contribution is -2.68. The van der Waals surface area contributed by atoms with Gasteiger partial charge in [0.1, 0.15) is 29.9 Å². The van der Waals surface area contributed by atoms with Gasteiger partial charge in [0, 0.05) is 4.90 Å². The average Bonchev–Trinajstić information content (AvgIpc) is 2.86. The van der Waals surface area contributed by atoms with Crippen molar-refractivity contribution in [1.29, 1.82) is 0 Å². The topological polar surface area (TPSA) is 79.2 Å². The van der Waals surface area contributed by atoms with E-state index in [0.717, 1.165) is 15.3 Å². The molecule has 0 aromatic heterocycles. The van der Waals surface area contributed by atoms with E-state index in [9.17, 15) is 15.3 Å². The zero-order chi connectivity index (χ0) is 25.1. The molecular weight excluding hydrogens is 476 g/mol. The van der Waals surface area contributed by atoms with Crippen LogP contribution in [0.15, 0.2) is 95.9 Å². The predicted molar refractivity (Wildman–Crippen MR) is 143 cm³/mol. The molecule has 0 spiro atoms. The summed E-state index contributed by atoms with van der Waals surface area (Å²) >= 11 is 1.33.